The lowest BCUT2D eigenvalue weighted by Crippen LogP contribution is -2.32. The Morgan fingerprint density at radius 1 is 0.935 bits per heavy atom. The minimum Gasteiger partial charge on any atom is -0.466 e. The molecule has 0 heterocycles. The molecule has 0 aromatic heterocycles. The Morgan fingerprint density at radius 3 is 1.84 bits per heavy atom. The van der Waals surface area contributed by atoms with E-state index in [1.165, 1.54) is 31.4 Å². The van der Waals surface area contributed by atoms with E-state index in [9.17, 15) is 18.9 Å². The second kappa shape index (κ2) is 12.4. The lowest BCUT2D eigenvalue weighted by Gasteiger charge is -2.19. The number of hydrogen-bond donors (Lipinski definition) is 0. The summed E-state index contributed by atoms with van der Waals surface area (Å²) in [5.41, 5.74) is -1.18. The van der Waals surface area contributed by atoms with Crippen molar-refractivity contribution in [1.82, 2.24) is 0 Å². The SMILES string of the molecule is CO[Si](I)(CCOC(=O)CCP(=O)(C(=O)c1ccccc1)C(=O)c1ccccc1)OI. The van der Waals surface area contributed by atoms with Gasteiger partial charge in [0.1, 0.15) is 0 Å². The molecule has 0 saturated heterocycles. The molecule has 0 bridgehead atoms. The Balaban J connectivity index is 2.14. The van der Waals surface area contributed by atoms with E-state index in [4.69, 9.17) is 11.9 Å². The number of carbonyl (C=O) groups is 3. The summed E-state index contributed by atoms with van der Waals surface area (Å²) < 4.78 is 29.5. The first-order valence-electron chi connectivity index (χ1n) is 9.24. The molecule has 0 amide bonds. The highest BCUT2D eigenvalue weighted by molar-refractivity contribution is 14.1. The van der Waals surface area contributed by atoms with Crippen LogP contribution in [0.4, 0.5) is 0 Å². The number of hydrogen-bond acceptors (Lipinski definition) is 7. The van der Waals surface area contributed by atoms with E-state index >= 15 is 0 Å². The number of benzene rings is 2. The van der Waals surface area contributed by atoms with Crippen LogP contribution in [0.5, 0.6) is 0 Å². The first-order valence-corrected chi connectivity index (χ1v) is 17.2. The average molecular weight is 686 g/mol. The molecule has 0 spiro atoms. The maximum absolute atomic E-state index is 13.7. The molecule has 0 fully saturated rings. The monoisotopic (exact) mass is 686 g/mol. The zero-order valence-electron chi connectivity index (χ0n) is 16.7. The molecule has 0 saturated carbocycles. The van der Waals surface area contributed by atoms with Gasteiger partial charge in [-0.15, -0.1) is 0 Å². The molecule has 11 heteroatoms. The van der Waals surface area contributed by atoms with E-state index in [0.717, 1.165) is 0 Å². The first kappa shape index (κ1) is 26.3. The molecular formula is C20H21I2O7PSi. The molecule has 0 aliphatic heterocycles. The van der Waals surface area contributed by atoms with Gasteiger partial charge in [-0.3, -0.25) is 14.4 Å². The smallest absolute Gasteiger partial charge is 0.420 e. The van der Waals surface area contributed by atoms with E-state index in [1.54, 1.807) is 59.4 Å². The molecule has 31 heavy (non-hydrogen) atoms. The van der Waals surface area contributed by atoms with Crippen LogP contribution in [0, 0.1) is 0 Å². The van der Waals surface area contributed by atoms with Crippen molar-refractivity contribution in [2.75, 3.05) is 19.9 Å². The molecule has 0 aliphatic carbocycles. The van der Waals surface area contributed by atoms with Crippen LogP contribution in [0.2, 0.25) is 6.04 Å². The number of carbonyl (C=O) groups excluding carboxylic acids is 3. The van der Waals surface area contributed by atoms with Gasteiger partial charge in [0.15, 0.2) is 0 Å². The molecule has 2 aromatic rings. The maximum atomic E-state index is 13.7. The lowest BCUT2D eigenvalue weighted by molar-refractivity contribution is -0.142. The van der Waals surface area contributed by atoms with E-state index < -0.39 is 36.4 Å². The topological polar surface area (TPSA) is 96.0 Å². The largest absolute Gasteiger partial charge is 0.466 e. The van der Waals surface area contributed by atoms with Crippen molar-refractivity contribution in [3.8, 4) is 0 Å². The normalized spacial score (nSPS) is 13.3. The first-order chi connectivity index (χ1) is 14.8. The molecule has 0 radical (unpaired) electrons. The second-order valence-corrected chi connectivity index (χ2v) is 17.8. The number of esters is 1. The van der Waals surface area contributed by atoms with Gasteiger partial charge in [-0.1, -0.05) is 60.7 Å². The third-order valence-corrected chi connectivity index (χ3v) is 17.0. The zero-order chi connectivity index (χ0) is 22.9. The van der Waals surface area contributed by atoms with Gasteiger partial charge in [-0.25, -0.2) is 0 Å². The summed E-state index contributed by atoms with van der Waals surface area (Å²) in [6.45, 7) is 0.0639. The molecule has 2 aromatic carbocycles. The molecule has 0 aliphatic rings. The predicted octanol–water partition coefficient (Wildman–Crippen LogP) is 5.35. The summed E-state index contributed by atoms with van der Waals surface area (Å²) >= 11 is 3.83. The molecular weight excluding hydrogens is 665 g/mol. The standard InChI is InChI=1S/C20H21I2O7PSi/c1-27-31(22,29-21)15-13-28-18(23)12-14-30(26,19(24)16-8-4-2-5-9-16)20(25)17-10-6-3-7-11-17/h2-11H,12-15H2,1H3. The van der Waals surface area contributed by atoms with E-state index in [0.29, 0.717) is 6.04 Å². The molecule has 1 unspecified atom stereocenters. The van der Waals surface area contributed by atoms with Crippen LogP contribution in [0.3, 0.4) is 0 Å². The van der Waals surface area contributed by atoms with Crippen LogP contribution in [-0.2, 0) is 21.3 Å². The van der Waals surface area contributed by atoms with Crippen LogP contribution < -0.4 is 0 Å². The minimum absolute atomic E-state index is 0.0639. The van der Waals surface area contributed by atoms with Crippen LogP contribution in [0.1, 0.15) is 27.1 Å². The molecule has 1 atom stereocenters. The fourth-order valence-corrected chi connectivity index (χ4v) is 7.42. The van der Waals surface area contributed by atoms with Crippen molar-refractivity contribution < 1.29 is 30.9 Å². The van der Waals surface area contributed by atoms with Crippen molar-refractivity contribution in [3.63, 3.8) is 0 Å². The van der Waals surface area contributed by atoms with Crippen molar-refractivity contribution in [2.24, 2.45) is 0 Å². The van der Waals surface area contributed by atoms with E-state index in [1.807, 2.05) is 0 Å². The van der Waals surface area contributed by atoms with Crippen LogP contribution >= 0.6 is 51.9 Å². The van der Waals surface area contributed by atoms with Crippen LogP contribution in [0.15, 0.2) is 60.7 Å². The van der Waals surface area contributed by atoms with E-state index in [2.05, 4.69) is 21.8 Å². The van der Waals surface area contributed by atoms with Crippen molar-refractivity contribution in [3.05, 3.63) is 71.8 Å². The summed E-state index contributed by atoms with van der Waals surface area (Å²) in [6, 6.07) is 13.9. The van der Waals surface area contributed by atoms with Gasteiger partial charge in [-0.2, -0.15) is 0 Å². The summed E-state index contributed by atoms with van der Waals surface area (Å²) in [6.07, 6.45) is -0.713. The highest BCUT2D eigenvalue weighted by atomic mass is 127. The third-order valence-electron chi connectivity index (χ3n) is 4.41. The Hall–Kier alpha value is -0.923. The number of halogens is 2. The Kier molecular flexibility index (Phi) is 10.5. The van der Waals surface area contributed by atoms with Crippen molar-refractivity contribution >= 4 is 75.0 Å². The summed E-state index contributed by atoms with van der Waals surface area (Å²) in [4.78, 5) is 38.3. The van der Waals surface area contributed by atoms with Gasteiger partial charge < -0.3 is 16.5 Å². The highest BCUT2D eigenvalue weighted by Gasteiger charge is 2.41. The lowest BCUT2D eigenvalue weighted by atomic mass is 10.2. The second-order valence-electron chi connectivity index (χ2n) is 6.47. The minimum atomic E-state index is -4.10. The van der Waals surface area contributed by atoms with Crippen LogP contribution in [0.25, 0.3) is 0 Å². The predicted molar refractivity (Wildman–Crippen MR) is 136 cm³/mol. The van der Waals surface area contributed by atoms with Crippen molar-refractivity contribution in [2.45, 2.75) is 12.5 Å². The maximum Gasteiger partial charge on any atom is 0.420 e. The van der Waals surface area contributed by atoms with Gasteiger partial charge in [0, 0.05) is 30.4 Å². The highest BCUT2D eigenvalue weighted by Crippen LogP contribution is 2.52. The Morgan fingerprint density at radius 2 is 1.42 bits per heavy atom. The molecule has 2 rings (SSSR count). The molecule has 166 valence electrons. The van der Waals surface area contributed by atoms with Crippen molar-refractivity contribution in [1.29, 1.82) is 0 Å². The van der Waals surface area contributed by atoms with Gasteiger partial charge in [0.2, 0.25) is 18.2 Å². The quantitative estimate of drug-likeness (QED) is 0.0978. The van der Waals surface area contributed by atoms with Crippen LogP contribution in [-0.4, -0.2) is 43.0 Å². The van der Waals surface area contributed by atoms with Gasteiger partial charge in [0.05, 0.1) is 36.0 Å². The summed E-state index contributed by atoms with van der Waals surface area (Å²) in [5.74, 6) is -0.640. The molecule has 0 N–H and O–H groups in total. The fraction of sp³-hybridized carbons (Fsp3) is 0.250. The fourth-order valence-electron chi connectivity index (χ4n) is 2.65. The van der Waals surface area contributed by atoms with Gasteiger partial charge >= 0.3 is 12.0 Å². The summed E-state index contributed by atoms with van der Waals surface area (Å²) in [7, 11) is -2.57. The Bertz CT molecular complexity index is 897. The number of ether oxygens (including phenoxy) is 1. The third kappa shape index (κ3) is 7.29. The number of rotatable bonds is 12. The van der Waals surface area contributed by atoms with E-state index in [-0.39, 0.29) is 24.2 Å². The zero-order valence-corrected chi connectivity index (χ0v) is 22.9. The Labute approximate surface area is 208 Å². The molecule has 7 nitrogen and oxygen atoms in total. The average Bonchev–Trinajstić information content (AvgIpc) is 2.82. The summed E-state index contributed by atoms with van der Waals surface area (Å²) in [5, 5.41) is 0. The van der Waals surface area contributed by atoms with Gasteiger partial charge in [-0.05, 0) is 21.8 Å². The van der Waals surface area contributed by atoms with Gasteiger partial charge in [0.25, 0.3) is 0 Å².